The number of likely N-dealkylation sites (N-methyl/N-ethyl adjacent to an activating group) is 1. The molecular formula is C14H20N4O. The Bertz CT molecular complexity index is 572. The number of nitrogens with zero attached hydrogens (tertiary/aromatic N) is 3. The summed E-state index contributed by atoms with van der Waals surface area (Å²) >= 11 is 0. The highest BCUT2D eigenvalue weighted by molar-refractivity contribution is 5.82. The molecule has 0 radical (unpaired) electrons. The van der Waals surface area contributed by atoms with Crippen LogP contribution in [0.25, 0.3) is 11.0 Å². The summed E-state index contributed by atoms with van der Waals surface area (Å²) < 4.78 is 1.96. The van der Waals surface area contributed by atoms with Gasteiger partial charge in [0.2, 0.25) is 11.9 Å². The van der Waals surface area contributed by atoms with Crippen LogP contribution in [0.4, 0.5) is 5.95 Å². The first-order chi connectivity index (χ1) is 9.17. The number of hydrogen-bond acceptors (Lipinski definition) is 3. The molecule has 0 atom stereocenters. The second kappa shape index (κ2) is 5.73. The molecule has 19 heavy (non-hydrogen) atoms. The third-order valence-electron chi connectivity index (χ3n) is 3.30. The standard InChI is InChI=1S/C14H20N4O/c1-4-18(5-2)13(19)10-15-14-16-11-8-6-7-9-12(11)17(14)3/h6-9H,4-5,10H2,1-3H3,(H,15,16). The van der Waals surface area contributed by atoms with Crippen LogP contribution in [-0.4, -0.2) is 40.0 Å². The third-order valence-corrected chi connectivity index (χ3v) is 3.30. The molecule has 0 unspecified atom stereocenters. The van der Waals surface area contributed by atoms with Gasteiger partial charge in [0.05, 0.1) is 17.6 Å². The van der Waals surface area contributed by atoms with Gasteiger partial charge in [0.25, 0.3) is 0 Å². The number of amides is 1. The molecule has 5 heteroatoms. The number of para-hydroxylation sites is 2. The smallest absolute Gasteiger partial charge is 0.241 e. The van der Waals surface area contributed by atoms with Crippen LogP contribution in [-0.2, 0) is 11.8 Å². The Morgan fingerprint density at radius 3 is 2.63 bits per heavy atom. The van der Waals surface area contributed by atoms with Gasteiger partial charge in [-0.1, -0.05) is 12.1 Å². The molecule has 2 rings (SSSR count). The zero-order valence-electron chi connectivity index (χ0n) is 11.7. The number of rotatable bonds is 5. The van der Waals surface area contributed by atoms with E-state index in [-0.39, 0.29) is 12.5 Å². The highest BCUT2D eigenvalue weighted by Gasteiger charge is 2.11. The van der Waals surface area contributed by atoms with Gasteiger partial charge in [-0.25, -0.2) is 4.98 Å². The minimum Gasteiger partial charge on any atom is -0.347 e. The molecule has 0 bridgehead atoms. The van der Waals surface area contributed by atoms with E-state index in [1.807, 2.05) is 49.7 Å². The van der Waals surface area contributed by atoms with E-state index in [0.29, 0.717) is 0 Å². The van der Waals surface area contributed by atoms with Crippen LogP contribution in [0.3, 0.4) is 0 Å². The Hall–Kier alpha value is -2.04. The van der Waals surface area contributed by atoms with Crippen LogP contribution in [0.15, 0.2) is 24.3 Å². The number of hydrogen-bond donors (Lipinski definition) is 1. The fourth-order valence-electron chi connectivity index (χ4n) is 2.15. The molecule has 1 aromatic heterocycles. The first-order valence-electron chi connectivity index (χ1n) is 6.60. The molecule has 1 amide bonds. The van der Waals surface area contributed by atoms with Crippen LogP contribution in [0.5, 0.6) is 0 Å². The van der Waals surface area contributed by atoms with Gasteiger partial charge in [0.1, 0.15) is 0 Å². The number of benzene rings is 1. The molecule has 0 saturated heterocycles. The number of anilines is 1. The predicted molar refractivity (Wildman–Crippen MR) is 77.1 cm³/mol. The largest absolute Gasteiger partial charge is 0.347 e. The third kappa shape index (κ3) is 2.70. The number of aryl methyl sites for hydroxylation is 1. The van der Waals surface area contributed by atoms with Crippen molar-refractivity contribution < 1.29 is 4.79 Å². The van der Waals surface area contributed by atoms with Crippen molar-refractivity contribution >= 4 is 22.9 Å². The van der Waals surface area contributed by atoms with Gasteiger partial charge < -0.3 is 14.8 Å². The Morgan fingerprint density at radius 2 is 2.00 bits per heavy atom. The van der Waals surface area contributed by atoms with Gasteiger partial charge >= 0.3 is 0 Å². The molecule has 2 aromatic rings. The van der Waals surface area contributed by atoms with Gasteiger partial charge in [0, 0.05) is 20.1 Å². The molecule has 0 aliphatic carbocycles. The van der Waals surface area contributed by atoms with E-state index in [4.69, 9.17) is 0 Å². The highest BCUT2D eigenvalue weighted by atomic mass is 16.2. The number of carbonyl (C=O) groups is 1. The maximum atomic E-state index is 11.9. The van der Waals surface area contributed by atoms with Crippen molar-refractivity contribution in [3.63, 3.8) is 0 Å². The molecule has 0 spiro atoms. The maximum Gasteiger partial charge on any atom is 0.241 e. The minimum atomic E-state index is 0.0945. The lowest BCUT2D eigenvalue weighted by atomic mass is 10.3. The first kappa shape index (κ1) is 13.4. The average Bonchev–Trinajstić information content (AvgIpc) is 2.75. The summed E-state index contributed by atoms with van der Waals surface area (Å²) in [5.74, 6) is 0.818. The summed E-state index contributed by atoms with van der Waals surface area (Å²) in [6.45, 7) is 5.71. The van der Waals surface area contributed by atoms with Crippen LogP contribution in [0, 0.1) is 0 Å². The Balaban J connectivity index is 2.10. The highest BCUT2D eigenvalue weighted by Crippen LogP contribution is 2.17. The first-order valence-corrected chi connectivity index (χ1v) is 6.60. The number of fused-ring (bicyclic) bond motifs is 1. The van der Waals surface area contributed by atoms with Crippen LogP contribution in [0.1, 0.15) is 13.8 Å². The van der Waals surface area contributed by atoms with E-state index in [2.05, 4.69) is 10.3 Å². The van der Waals surface area contributed by atoms with Crippen molar-refractivity contribution in [2.45, 2.75) is 13.8 Å². The van der Waals surface area contributed by atoms with E-state index in [0.717, 1.165) is 30.1 Å². The van der Waals surface area contributed by atoms with Crippen molar-refractivity contribution in [1.29, 1.82) is 0 Å². The second-order valence-electron chi connectivity index (χ2n) is 4.40. The lowest BCUT2D eigenvalue weighted by molar-refractivity contribution is -0.128. The van der Waals surface area contributed by atoms with Crippen molar-refractivity contribution in [3.8, 4) is 0 Å². The van der Waals surface area contributed by atoms with Gasteiger partial charge in [-0.05, 0) is 26.0 Å². The molecular weight excluding hydrogens is 240 g/mol. The lowest BCUT2D eigenvalue weighted by Crippen LogP contribution is -2.35. The molecule has 0 fully saturated rings. The fourth-order valence-corrected chi connectivity index (χ4v) is 2.15. The molecule has 0 aliphatic rings. The summed E-state index contributed by atoms with van der Waals surface area (Å²) in [5, 5.41) is 3.11. The summed E-state index contributed by atoms with van der Waals surface area (Å²) in [5.41, 5.74) is 1.99. The van der Waals surface area contributed by atoms with Gasteiger partial charge in [0.15, 0.2) is 0 Å². The summed E-state index contributed by atoms with van der Waals surface area (Å²) in [4.78, 5) is 18.2. The monoisotopic (exact) mass is 260 g/mol. The van der Waals surface area contributed by atoms with E-state index in [1.165, 1.54) is 0 Å². The average molecular weight is 260 g/mol. The molecule has 5 nitrogen and oxygen atoms in total. The molecule has 1 N–H and O–H groups in total. The Labute approximate surface area is 113 Å². The van der Waals surface area contributed by atoms with Crippen LogP contribution >= 0.6 is 0 Å². The lowest BCUT2D eigenvalue weighted by Gasteiger charge is -2.18. The maximum absolute atomic E-state index is 11.9. The van der Waals surface area contributed by atoms with Gasteiger partial charge in [-0.3, -0.25) is 4.79 Å². The van der Waals surface area contributed by atoms with E-state index in [1.54, 1.807) is 4.90 Å². The Kier molecular flexibility index (Phi) is 4.04. The minimum absolute atomic E-state index is 0.0945. The zero-order chi connectivity index (χ0) is 13.8. The molecule has 102 valence electrons. The predicted octanol–water partition coefficient (Wildman–Crippen LogP) is 1.85. The fraction of sp³-hybridized carbons (Fsp3) is 0.429. The number of nitrogens with one attached hydrogen (secondary N) is 1. The molecule has 1 heterocycles. The number of imidazole rings is 1. The summed E-state index contributed by atoms with van der Waals surface area (Å²) in [6, 6.07) is 7.92. The molecule has 0 aliphatic heterocycles. The van der Waals surface area contributed by atoms with E-state index in [9.17, 15) is 4.79 Å². The Morgan fingerprint density at radius 1 is 1.32 bits per heavy atom. The number of carbonyl (C=O) groups excluding carboxylic acids is 1. The zero-order valence-corrected chi connectivity index (χ0v) is 11.7. The quantitative estimate of drug-likeness (QED) is 0.892. The summed E-state index contributed by atoms with van der Waals surface area (Å²) in [6.07, 6.45) is 0. The molecule has 1 aromatic carbocycles. The van der Waals surface area contributed by atoms with Crippen molar-refractivity contribution in [2.75, 3.05) is 25.0 Å². The van der Waals surface area contributed by atoms with Crippen molar-refractivity contribution in [3.05, 3.63) is 24.3 Å². The van der Waals surface area contributed by atoms with Crippen LogP contribution in [0.2, 0.25) is 0 Å². The topological polar surface area (TPSA) is 50.2 Å². The van der Waals surface area contributed by atoms with E-state index >= 15 is 0 Å². The van der Waals surface area contributed by atoms with Gasteiger partial charge in [-0.15, -0.1) is 0 Å². The summed E-state index contributed by atoms with van der Waals surface area (Å²) in [7, 11) is 1.94. The van der Waals surface area contributed by atoms with Crippen molar-refractivity contribution in [2.24, 2.45) is 7.05 Å². The molecule has 0 saturated carbocycles. The van der Waals surface area contributed by atoms with Gasteiger partial charge in [-0.2, -0.15) is 0 Å². The van der Waals surface area contributed by atoms with Crippen molar-refractivity contribution in [1.82, 2.24) is 14.5 Å². The normalized spacial score (nSPS) is 10.7. The second-order valence-corrected chi connectivity index (χ2v) is 4.40. The SMILES string of the molecule is CCN(CC)C(=O)CNc1nc2ccccc2n1C. The van der Waals surface area contributed by atoms with Crippen LogP contribution < -0.4 is 5.32 Å². The number of aromatic nitrogens is 2. The van der Waals surface area contributed by atoms with E-state index < -0.39 is 0 Å².